The van der Waals surface area contributed by atoms with Crippen LogP contribution in [0.2, 0.25) is 0 Å². The predicted octanol–water partition coefficient (Wildman–Crippen LogP) is 10.3. The molecule has 0 spiro atoms. The minimum absolute atomic E-state index is 0.106. The van der Waals surface area contributed by atoms with Crippen LogP contribution in [0.5, 0.6) is 0 Å². The summed E-state index contributed by atoms with van der Waals surface area (Å²) in [4.78, 5) is 24.3. The van der Waals surface area contributed by atoms with E-state index in [4.69, 9.17) is 9.47 Å². The van der Waals surface area contributed by atoms with E-state index in [9.17, 15) is 19.8 Å². The number of hydrogen-bond donors (Lipinski definition) is 2. The summed E-state index contributed by atoms with van der Waals surface area (Å²) in [5.74, 6) is -3.98. The molecule has 2 N–H and O–H groups in total. The lowest BCUT2D eigenvalue weighted by atomic mass is 10.1. The van der Waals surface area contributed by atoms with Crippen LogP contribution in [-0.4, -0.2) is 34.7 Å². The number of esters is 2. The van der Waals surface area contributed by atoms with Crippen molar-refractivity contribution in [2.75, 3.05) is 6.61 Å². The molecule has 0 aliphatic carbocycles. The predicted molar refractivity (Wildman–Crippen MR) is 183 cm³/mol. The highest BCUT2D eigenvalue weighted by Crippen LogP contribution is 2.16. The molecule has 0 aromatic heterocycles. The van der Waals surface area contributed by atoms with Gasteiger partial charge in [0.15, 0.2) is 0 Å². The lowest BCUT2D eigenvalue weighted by molar-refractivity contribution is -0.337. The molecule has 0 aliphatic heterocycles. The standard InChI is InChI=1S/C38H66O6/c1-3-5-7-9-11-13-15-17-19-21-23-25-27-29-31-33-36(40)43-38(42,35-39)44-37(41)34-32-30-28-26-24-22-20-18-16-14-12-10-8-6-4-2/h11-14,17-20,39,42H,3-10,15-16,21-35H2,1-2H3/b13-11-,14-12-,19-17-,20-18-. The maximum atomic E-state index is 12.1. The fourth-order valence-electron chi connectivity index (χ4n) is 4.70. The summed E-state index contributed by atoms with van der Waals surface area (Å²) in [5, 5.41) is 19.7. The molecular formula is C38H66O6. The monoisotopic (exact) mass is 618 g/mol. The number of carbonyl (C=O) groups is 2. The molecule has 0 radical (unpaired) electrons. The zero-order valence-electron chi connectivity index (χ0n) is 28.3. The highest BCUT2D eigenvalue weighted by Gasteiger charge is 2.35. The summed E-state index contributed by atoms with van der Waals surface area (Å²) in [6.07, 6.45) is 41.8. The average molecular weight is 619 g/mol. The Bertz CT molecular complexity index is 722. The third-order valence-electron chi connectivity index (χ3n) is 7.41. The first-order valence-corrected chi connectivity index (χ1v) is 17.8. The van der Waals surface area contributed by atoms with Gasteiger partial charge in [-0.3, -0.25) is 9.59 Å². The molecule has 0 unspecified atom stereocenters. The van der Waals surface area contributed by atoms with E-state index in [0.29, 0.717) is 12.8 Å². The largest absolute Gasteiger partial charge is 0.398 e. The zero-order chi connectivity index (χ0) is 32.4. The molecule has 0 rings (SSSR count). The summed E-state index contributed by atoms with van der Waals surface area (Å²) in [5.41, 5.74) is 0. The van der Waals surface area contributed by atoms with Gasteiger partial charge < -0.3 is 19.7 Å². The second-order valence-electron chi connectivity index (χ2n) is 11.8. The van der Waals surface area contributed by atoms with E-state index < -0.39 is 24.5 Å². The minimum Gasteiger partial charge on any atom is -0.396 e. The van der Waals surface area contributed by atoms with E-state index >= 15 is 0 Å². The van der Waals surface area contributed by atoms with Gasteiger partial charge in [0, 0.05) is 12.8 Å². The lowest BCUT2D eigenvalue weighted by Crippen LogP contribution is -2.43. The van der Waals surface area contributed by atoms with Gasteiger partial charge in [0.2, 0.25) is 0 Å². The molecule has 0 saturated heterocycles. The normalized spacial score (nSPS) is 12.4. The third kappa shape index (κ3) is 29.9. The number of carbonyl (C=O) groups excluding carboxylic acids is 2. The summed E-state index contributed by atoms with van der Waals surface area (Å²) in [6, 6.07) is 0. The molecule has 0 saturated carbocycles. The van der Waals surface area contributed by atoms with E-state index in [2.05, 4.69) is 62.5 Å². The molecule has 6 heteroatoms. The molecule has 44 heavy (non-hydrogen) atoms. The minimum atomic E-state index is -2.61. The first-order valence-electron chi connectivity index (χ1n) is 17.8. The quantitative estimate of drug-likeness (QED) is 0.0347. The van der Waals surface area contributed by atoms with Crippen LogP contribution in [0.15, 0.2) is 48.6 Å². The number of allylic oxidation sites excluding steroid dienone is 8. The summed E-state index contributed by atoms with van der Waals surface area (Å²) < 4.78 is 9.81. The Hall–Kier alpha value is -2.18. The number of aliphatic hydroxyl groups excluding tert-OH is 1. The van der Waals surface area contributed by atoms with E-state index in [0.717, 1.165) is 77.0 Å². The Kier molecular flexibility index (Phi) is 30.6. The van der Waals surface area contributed by atoms with Gasteiger partial charge in [-0.05, 0) is 77.0 Å². The number of unbranched alkanes of at least 4 members (excludes halogenated alkanes) is 16. The van der Waals surface area contributed by atoms with Gasteiger partial charge in [-0.2, -0.15) is 0 Å². The molecule has 0 amide bonds. The van der Waals surface area contributed by atoms with E-state index in [1.54, 1.807) is 0 Å². The fourth-order valence-corrected chi connectivity index (χ4v) is 4.70. The SMILES string of the molecule is CCCCC/C=C\C/C=C\CCCCCCCC(=O)OC(O)(CO)OC(=O)CCCCCCC/C=C\C/C=C\CCCCC. The highest BCUT2D eigenvalue weighted by molar-refractivity contribution is 5.71. The van der Waals surface area contributed by atoms with Crippen LogP contribution in [0.4, 0.5) is 0 Å². The maximum absolute atomic E-state index is 12.1. The van der Waals surface area contributed by atoms with Crippen molar-refractivity contribution in [2.45, 2.75) is 174 Å². The average Bonchev–Trinajstić information content (AvgIpc) is 3.01. The Balaban J connectivity index is 3.79. The number of hydrogen-bond acceptors (Lipinski definition) is 6. The van der Waals surface area contributed by atoms with Crippen LogP contribution in [0.3, 0.4) is 0 Å². The van der Waals surface area contributed by atoms with Crippen molar-refractivity contribution >= 4 is 11.9 Å². The van der Waals surface area contributed by atoms with Gasteiger partial charge in [0.05, 0.1) is 0 Å². The van der Waals surface area contributed by atoms with Crippen molar-refractivity contribution in [2.24, 2.45) is 0 Å². The highest BCUT2D eigenvalue weighted by atomic mass is 16.8. The second-order valence-corrected chi connectivity index (χ2v) is 11.8. The van der Waals surface area contributed by atoms with Crippen LogP contribution in [-0.2, 0) is 19.1 Å². The van der Waals surface area contributed by atoms with Crippen LogP contribution in [0.25, 0.3) is 0 Å². The van der Waals surface area contributed by atoms with Crippen molar-refractivity contribution < 1.29 is 29.3 Å². The summed E-state index contributed by atoms with van der Waals surface area (Å²) >= 11 is 0. The Morgan fingerprint density at radius 3 is 1.16 bits per heavy atom. The fraction of sp³-hybridized carbons (Fsp3) is 0.737. The molecule has 0 bridgehead atoms. The van der Waals surface area contributed by atoms with Crippen molar-refractivity contribution in [3.63, 3.8) is 0 Å². The van der Waals surface area contributed by atoms with Crippen molar-refractivity contribution in [3.8, 4) is 0 Å². The van der Waals surface area contributed by atoms with Crippen molar-refractivity contribution in [3.05, 3.63) is 48.6 Å². The third-order valence-corrected chi connectivity index (χ3v) is 7.41. The maximum Gasteiger partial charge on any atom is 0.398 e. The summed E-state index contributed by atoms with van der Waals surface area (Å²) in [6.45, 7) is 3.45. The van der Waals surface area contributed by atoms with E-state index in [1.165, 1.54) is 51.4 Å². The lowest BCUT2D eigenvalue weighted by Gasteiger charge is -2.24. The first kappa shape index (κ1) is 41.8. The Morgan fingerprint density at radius 1 is 0.500 bits per heavy atom. The van der Waals surface area contributed by atoms with Gasteiger partial charge in [0.1, 0.15) is 6.61 Å². The zero-order valence-corrected chi connectivity index (χ0v) is 28.3. The van der Waals surface area contributed by atoms with Crippen LogP contribution in [0.1, 0.15) is 168 Å². The smallest absolute Gasteiger partial charge is 0.396 e. The first-order chi connectivity index (χ1) is 21.5. The van der Waals surface area contributed by atoms with Gasteiger partial charge in [-0.15, -0.1) is 0 Å². The molecule has 6 nitrogen and oxygen atoms in total. The summed E-state index contributed by atoms with van der Waals surface area (Å²) in [7, 11) is 0. The molecule has 0 aromatic rings. The molecular weight excluding hydrogens is 552 g/mol. The number of ether oxygens (including phenoxy) is 2. The molecule has 254 valence electrons. The molecule has 0 atom stereocenters. The topological polar surface area (TPSA) is 93.1 Å². The van der Waals surface area contributed by atoms with Gasteiger partial charge in [-0.25, -0.2) is 0 Å². The number of rotatable bonds is 31. The molecule has 0 aromatic carbocycles. The van der Waals surface area contributed by atoms with Gasteiger partial charge in [0.25, 0.3) is 0 Å². The number of aliphatic hydroxyl groups is 2. The van der Waals surface area contributed by atoms with Gasteiger partial charge >= 0.3 is 17.9 Å². The molecule has 0 fully saturated rings. The second kappa shape index (κ2) is 32.2. The van der Waals surface area contributed by atoms with Gasteiger partial charge in [-0.1, -0.05) is 127 Å². The molecule has 0 aliphatic rings. The Labute approximate surface area is 270 Å². The van der Waals surface area contributed by atoms with Crippen molar-refractivity contribution in [1.29, 1.82) is 0 Å². The van der Waals surface area contributed by atoms with Crippen molar-refractivity contribution in [1.82, 2.24) is 0 Å². The van der Waals surface area contributed by atoms with E-state index in [1.807, 2.05) is 0 Å². The van der Waals surface area contributed by atoms with Crippen LogP contribution < -0.4 is 0 Å². The van der Waals surface area contributed by atoms with E-state index in [-0.39, 0.29) is 12.8 Å². The molecule has 0 heterocycles. The van der Waals surface area contributed by atoms with Crippen LogP contribution in [0, 0.1) is 0 Å². The van der Waals surface area contributed by atoms with Crippen LogP contribution >= 0.6 is 0 Å². The Morgan fingerprint density at radius 2 is 0.818 bits per heavy atom.